The second-order valence-electron chi connectivity index (χ2n) is 3.65. The summed E-state index contributed by atoms with van der Waals surface area (Å²) in [6.07, 6.45) is 2.24. The molecule has 2 heteroatoms. The molecule has 0 aliphatic carbocycles. The van der Waals surface area contributed by atoms with Gasteiger partial charge in [0.25, 0.3) is 0 Å². The lowest BCUT2D eigenvalue weighted by Gasteiger charge is -2.19. The first kappa shape index (κ1) is 6.62. The van der Waals surface area contributed by atoms with Crippen LogP contribution in [0.2, 0.25) is 0 Å². The Morgan fingerprint density at radius 2 is 2.00 bits per heavy atom. The molecule has 2 saturated heterocycles. The second kappa shape index (κ2) is 2.21. The van der Waals surface area contributed by atoms with E-state index in [1.807, 2.05) is 0 Å². The van der Waals surface area contributed by atoms with E-state index in [1.165, 1.54) is 13.0 Å². The van der Waals surface area contributed by atoms with Crippen molar-refractivity contribution < 1.29 is 5.11 Å². The van der Waals surface area contributed by atoms with Gasteiger partial charge in [-0.2, -0.15) is 0 Å². The monoisotopic (exact) mass is 141 g/mol. The van der Waals surface area contributed by atoms with Crippen molar-refractivity contribution in [3.63, 3.8) is 0 Å². The van der Waals surface area contributed by atoms with Gasteiger partial charge in [-0.1, -0.05) is 6.92 Å². The third kappa shape index (κ3) is 0.789. The van der Waals surface area contributed by atoms with Crippen LogP contribution >= 0.6 is 0 Å². The van der Waals surface area contributed by atoms with Gasteiger partial charge in [-0.25, -0.2) is 0 Å². The van der Waals surface area contributed by atoms with Crippen LogP contribution in [0.25, 0.3) is 0 Å². The minimum atomic E-state index is -0.0301. The summed E-state index contributed by atoms with van der Waals surface area (Å²) in [7, 11) is 0. The fourth-order valence-corrected chi connectivity index (χ4v) is 2.40. The first-order valence-electron chi connectivity index (χ1n) is 4.21. The van der Waals surface area contributed by atoms with Gasteiger partial charge in [0.2, 0.25) is 0 Å². The highest BCUT2D eigenvalue weighted by Crippen LogP contribution is 2.32. The van der Waals surface area contributed by atoms with Crippen LogP contribution < -0.4 is 0 Å². The van der Waals surface area contributed by atoms with E-state index in [0.29, 0.717) is 6.04 Å². The molecule has 2 heterocycles. The first-order valence-corrected chi connectivity index (χ1v) is 4.21. The van der Waals surface area contributed by atoms with Gasteiger partial charge < -0.3 is 5.11 Å². The molecular weight excluding hydrogens is 126 g/mol. The second-order valence-corrected chi connectivity index (χ2v) is 3.65. The van der Waals surface area contributed by atoms with Crippen molar-refractivity contribution in [2.75, 3.05) is 13.1 Å². The predicted octanol–water partition coefficient (Wildman–Crippen LogP) is 0.461. The molecule has 0 radical (unpaired) electrons. The van der Waals surface area contributed by atoms with Gasteiger partial charge in [0, 0.05) is 12.6 Å². The summed E-state index contributed by atoms with van der Waals surface area (Å²) in [5.41, 5.74) is 0. The van der Waals surface area contributed by atoms with Crippen molar-refractivity contribution in [1.29, 1.82) is 0 Å². The number of hydrogen-bond acceptors (Lipinski definition) is 2. The molecule has 0 saturated carbocycles. The standard InChI is InChI=1S/C8H15NO/c1-6-2-4-9-5-3-7(10)8(6)9/h6-8,10H,2-5H2,1H3/t6-,7-,8+/m0/s1. The van der Waals surface area contributed by atoms with Gasteiger partial charge in [0.15, 0.2) is 0 Å². The Labute approximate surface area is 61.8 Å². The predicted molar refractivity (Wildman–Crippen MR) is 39.8 cm³/mol. The van der Waals surface area contributed by atoms with E-state index in [9.17, 15) is 5.11 Å². The fraction of sp³-hybridized carbons (Fsp3) is 1.00. The Kier molecular flexibility index (Phi) is 1.46. The van der Waals surface area contributed by atoms with Crippen molar-refractivity contribution in [1.82, 2.24) is 4.90 Å². The summed E-state index contributed by atoms with van der Waals surface area (Å²) in [6.45, 7) is 4.58. The molecule has 2 aliphatic rings. The average molecular weight is 141 g/mol. The molecule has 2 nitrogen and oxygen atoms in total. The zero-order chi connectivity index (χ0) is 7.14. The SMILES string of the molecule is C[C@H]1CCN2CC[C@H](O)[C@@H]12. The van der Waals surface area contributed by atoms with Crippen LogP contribution in [-0.2, 0) is 0 Å². The quantitative estimate of drug-likeness (QED) is 0.530. The Hall–Kier alpha value is -0.0800. The van der Waals surface area contributed by atoms with Crippen LogP contribution in [0.15, 0.2) is 0 Å². The molecule has 0 aromatic rings. The maximum atomic E-state index is 9.53. The molecule has 2 aliphatic heterocycles. The van der Waals surface area contributed by atoms with Crippen molar-refractivity contribution in [2.24, 2.45) is 5.92 Å². The number of fused-ring (bicyclic) bond motifs is 1. The van der Waals surface area contributed by atoms with Crippen LogP contribution in [0.4, 0.5) is 0 Å². The highest BCUT2D eigenvalue weighted by molar-refractivity contribution is 4.94. The van der Waals surface area contributed by atoms with Gasteiger partial charge in [-0.15, -0.1) is 0 Å². The van der Waals surface area contributed by atoms with Crippen LogP contribution in [-0.4, -0.2) is 35.2 Å². The lowest BCUT2D eigenvalue weighted by Crippen LogP contribution is -2.32. The molecule has 0 unspecified atom stereocenters. The zero-order valence-corrected chi connectivity index (χ0v) is 6.45. The number of rotatable bonds is 0. The van der Waals surface area contributed by atoms with Crippen molar-refractivity contribution in [2.45, 2.75) is 31.9 Å². The Morgan fingerprint density at radius 3 is 2.70 bits per heavy atom. The molecule has 3 atom stereocenters. The lowest BCUT2D eigenvalue weighted by atomic mass is 9.99. The van der Waals surface area contributed by atoms with Crippen molar-refractivity contribution >= 4 is 0 Å². The highest BCUT2D eigenvalue weighted by Gasteiger charge is 2.40. The van der Waals surface area contributed by atoms with E-state index in [2.05, 4.69) is 11.8 Å². The first-order chi connectivity index (χ1) is 4.79. The number of aliphatic hydroxyl groups is 1. The maximum Gasteiger partial charge on any atom is 0.0710 e. The van der Waals surface area contributed by atoms with Gasteiger partial charge >= 0.3 is 0 Å². The summed E-state index contributed by atoms with van der Waals surface area (Å²) in [5, 5.41) is 9.53. The van der Waals surface area contributed by atoms with Gasteiger partial charge in [-0.3, -0.25) is 4.90 Å². The maximum absolute atomic E-state index is 9.53. The molecule has 1 N–H and O–H groups in total. The van der Waals surface area contributed by atoms with Gasteiger partial charge in [-0.05, 0) is 25.3 Å². The molecule has 0 aromatic heterocycles. The number of nitrogens with zero attached hydrogens (tertiary/aromatic N) is 1. The lowest BCUT2D eigenvalue weighted by molar-refractivity contribution is 0.117. The molecular formula is C8H15NO. The summed E-state index contributed by atoms with van der Waals surface area (Å²) in [4.78, 5) is 2.43. The molecule has 0 aromatic carbocycles. The van der Waals surface area contributed by atoms with Crippen LogP contribution in [0.3, 0.4) is 0 Å². The molecule has 0 spiro atoms. The van der Waals surface area contributed by atoms with Crippen LogP contribution in [0.5, 0.6) is 0 Å². The summed E-state index contributed by atoms with van der Waals surface area (Å²) >= 11 is 0. The van der Waals surface area contributed by atoms with Crippen molar-refractivity contribution in [3.8, 4) is 0 Å². The smallest absolute Gasteiger partial charge is 0.0710 e. The largest absolute Gasteiger partial charge is 0.391 e. The topological polar surface area (TPSA) is 23.5 Å². The molecule has 2 rings (SSSR count). The van der Waals surface area contributed by atoms with E-state index < -0.39 is 0 Å². The normalized spacial score (nSPS) is 48.0. The number of aliphatic hydroxyl groups excluding tert-OH is 1. The van der Waals surface area contributed by atoms with E-state index in [1.54, 1.807) is 0 Å². The van der Waals surface area contributed by atoms with Crippen LogP contribution in [0.1, 0.15) is 19.8 Å². The Balaban J connectivity index is 2.11. The van der Waals surface area contributed by atoms with E-state index in [4.69, 9.17) is 0 Å². The molecule has 0 amide bonds. The van der Waals surface area contributed by atoms with E-state index >= 15 is 0 Å². The fourth-order valence-electron chi connectivity index (χ4n) is 2.40. The van der Waals surface area contributed by atoms with Crippen LogP contribution in [0, 0.1) is 5.92 Å². The number of hydrogen-bond donors (Lipinski definition) is 1. The van der Waals surface area contributed by atoms with Crippen molar-refractivity contribution in [3.05, 3.63) is 0 Å². The summed E-state index contributed by atoms with van der Waals surface area (Å²) in [5.74, 6) is 0.720. The molecule has 0 bridgehead atoms. The summed E-state index contributed by atoms with van der Waals surface area (Å²) < 4.78 is 0. The van der Waals surface area contributed by atoms with E-state index in [-0.39, 0.29) is 6.10 Å². The summed E-state index contributed by atoms with van der Waals surface area (Å²) in [6, 6.07) is 0.500. The molecule has 2 fully saturated rings. The van der Waals surface area contributed by atoms with Gasteiger partial charge in [0.05, 0.1) is 6.10 Å². The molecule has 10 heavy (non-hydrogen) atoms. The highest BCUT2D eigenvalue weighted by atomic mass is 16.3. The average Bonchev–Trinajstić information content (AvgIpc) is 2.40. The zero-order valence-electron chi connectivity index (χ0n) is 6.45. The third-order valence-corrected chi connectivity index (χ3v) is 2.98. The molecule has 58 valence electrons. The van der Waals surface area contributed by atoms with E-state index in [0.717, 1.165) is 18.9 Å². The minimum Gasteiger partial charge on any atom is -0.391 e. The third-order valence-electron chi connectivity index (χ3n) is 2.98. The van der Waals surface area contributed by atoms with Gasteiger partial charge in [0.1, 0.15) is 0 Å². The minimum absolute atomic E-state index is 0.0301. The Bertz CT molecular complexity index is 123. The Morgan fingerprint density at radius 1 is 1.30 bits per heavy atom.